The minimum absolute atomic E-state index is 0.0660. The predicted octanol–water partition coefficient (Wildman–Crippen LogP) is 1.44. The molecule has 0 aliphatic carbocycles. The number of nitrogens with zero attached hydrogens (tertiary/aromatic N) is 2. The number of fused-ring (bicyclic) bond motifs is 2. The van der Waals surface area contributed by atoms with Gasteiger partial charge in [0.05, 0.1) is 6.61 Å². The molecule has 0 bridgehead atoms. The summed E-state index contributed by atoms with van der Waals surface area (Å²) in [6.45, 7) is 1.50. The Bertz CT molecular complexity index is 1180. The lowest BCUT2D eigenvalue weighted by Crippen LogP contribution is -2.41. The van der Waals surface area contributed by atoms with Crippen molar-refractivity contribution in [3.63, 3.8) is 0 Å². The van der Waals surface area contributed by atoms with Crippen LogP contribution < -0.4 is 10.9 Å². The van der Waals surface area contributed by atoms with Crippen LogP contribution in [-0.2, 0) is 24.8 Å². The second-order valence-corrected chi connectivity index (χ2v) is 7.43. The normalized spacial score (nSPS) is 13.3. The predicted molar refractivity (Wildman–Crippen MR) is 113 cm³/mol. The van der Waals surface area contributed by atoms with E-state index in [0.717, 1.165) is 22.0 Å². The monoisotopic (exact) mass is 408 g/mol. The number of rotatable bonds is 5. The lowest BCUT2D eigenvalue weighted by molar-refractivity contribution is 0.0734. The van der Waals surface area contributed by atoms with Gasteiger partial charge in [0.2, 0.25) is 0 Å². The number of hydrogen-bond donors (Lipinski definition) is 2. The van der Waals surface area contributed by atoms with E-state index in [2.05, 4.69) is 10.3 Å². The van der Waals surface area contributed by atoms with Crippen molar-refractivity contribution in [2.75, 3.05) is 26.8 Å². The molecule has 0 spiro atoms. The van der Waals surface area contributed by atoms with Gasteiger partial charge in [-0.25, -0.2) is 0 Å². The lowest BCUT2D eigenvalue weighted by atomic mass is 9.95. The van der Waals surface area contributed by atoms with E-state index >= 15 is 0 Å². The van der Waals surface area contributed by atoms with Crippen molar-refractivity contribution in [1.29, 1.82) is 0 Å². The molecular weight excluding hydrogens is 384 g/mol. The molecule has 3 aromatic rings. The van der Waals surface area contributed by atoms with Gasteiger partial charge in [-0.1, -0.05) is 0 Å². The molecule has 8 nitrogen and oxygen atoms in total. The van der Waals surface area contributed by atoms with Crippen molar-refractivity contribution >= 4 is 22.7 Å². The molecule has 30 heavy (non-hydrogen) atoms. The van der Waals surface area contributed by atoms with Crippen molar-refractivity contribution in [2.45, 2.75) is 13.0 Å². The molecule has 0 radical (unpaired) electrons. The Morgan fingerprint density at radius 2 is 2.10 bits per heavy atom. The molecule has 1 aromatic carbocycles. The quantitative estimate of drug-likeness (QED) is 0.625. The zero-order chi connectivity index (χ0) is 21.3. The first-order valence-corrected chi connectivity index (χ1v) is 9.84. The van der Waals surface area contributed by atoms with E-state index < -0.39 is 5.91 Å². The number of methoxy groups -OCH3 is 1. The van der Waals surface area contributed by atoms with Crippen LogP contribution in [0.4, 0.5) is 0 Å². The summed E-state index contributed by atoms with van der Waals surface area (Å²) in [5.74, 6) is -0.467. The summed E-state index contributed by atoms with van der Waals surface area (Å²) in [6.07, 6.45) is 4.02. The van der Waals surface area contributed by atoms with Gasteiger partial charge in [-0.2, -0.15) is 0 Å². The number of hydrogen-bond acceptors (Lipinski definition) is 4. The van der Waals surface area contributed by atoms with Crippen LogP contribution in [0.25, 0.3) is 10.9 Å². The highest BCUT2D eigenvalue weighted by atomic mass is 16.5. The number of carbonyl (C=O) groups is 2. The van der Waals surface area contributed by atoms with Gasteiger partial charge >= 0.3 is 0 Å². The van der Waals surface area contributed by atoms with E-state index in [1.165, 1.54) is 4.57 Å². The molecule has 0 fully saturated rings. The molecule has 8 heteroatoms. The maximum Gasteiger partial charge on any atom is 0.263 e. The largest absolute Gasteiger partial charge is 0.383 e. The fraction of sp³-hybridized carbons (Fsp3) is 0.318. The average Bonchev–Trinajstić information content (AvgIpc) is 3.21. The van der Waals surface area contributed by atoms with E-state index in [1.807, 2.05) is 30.5 Å². The Hall–Kier alpha value is -3.39. The van der Waals surface area contributed by atoms with E-state index in [9.17, 15) is 14.4 Å². The molecule has 0 atom stereocenters. The molecule has 2 aromatic heterocycles. The van der Waals surface area contributed by atoms with Crippen LogP contribution in [0.5, 0.6) is 0 Å². The van der Waals surface area contributed by atoms with Crippen LogP contribution in [0.15, 0.2) is 41.5 Å². The van der Waals surface area contributed by atoms with E-state index in [4.69, 9.17) is 4.74 Å². The zero-order valence-corrected chi connectivity index (χ0v) is 17.0. The Balaban J connectivity index is 1.61. The second kappa shape index (κ2) is 8.16. The van der Waals surface area contributed by atoms with E-state index in [-0.39, 0.29) is 17.0 Å². The van der Waals surface area contributed by atoms with E-state index in [0.29, 0.717) is 38.2 Å². The summed E-state index contributed by atoms with van der Waals surface area (Å²) in [7, 11) is 3.17. The molecule has 156 valence electrons. The zero-order valence-electron chi connectivity index (χ0n) is 17.0. The van der Waals surface area contributed by atoms with Gasteiger partial charge in [-0.05, 0) is 41.8 Å². The molecule has 0 saturated heterocycles. The van der Waals surface area contributed by atoms with Crippen molar-refractivity contribution in [1.82, 2.24) is 19.8 Å². The lowest BCUT2D eigenvalue weighted by Gasteiger charge is -2.30. The van der Waals surface area contributed by atoms with Gasteiger partial charge in [0.1, 0.15) is 5.56 Å². The molecule has 3 heterocycles. The minimum Gasteiger partial charge on any atom is -0.383 e. The number of aryl methyl sites for hydroxylation is 1. The fourth-order valence-electron chi connectivity index (χ4n) is 3.92. The SMILES string of the molecule is COCCNC(=O)c1c2c(cn(C)c1=O)CN(C(=O)c1ccc3[nH]ccc3c1)CC2. The fourth-order valence-corrected chi connectivity index (χ4v) is 3.92. The van der Waals surface area contributed by atoms with Crippen molar-refractivity contribution in [3.05, 3.63) is 69.3 Å². The number of carbonyl (C=O) groups excluding carboxylic acids is 2. The van der Waals surface area contributed by atoms with Crippen molar-refractivity contribution in [3.8, 4) is 0 Å². The molecule has 2 amide bonds. The number of benzene rings is 1. The van der Waals surface area contributed by atoms with Gasteiger partial charge in [-0.15, -0.1) is 0 Å². The number of ether oxygens (including phenoxy) is 1. The number of amides is 2. The molecule has 2 N–H and O–H groups in total. The maximum atomic E-state index is 13.1. The van der Waals surface area contributed by atoms with E-state index in [1.54, 1.807) is 25.3 Å². The molecule has 0 unspecified atom stereocenters. The van der Waals surface area contributed by atoms with Gasteiger partial charge in [0.15, 0.2) is 0 Å². The number of H-pyrrole nitrogens is 1. The number of aromatic amines is 1. The highest BCUT2D eigenvalue weighted by Crippen LogP contribution is 2.23. The Kier molecular flexibility index (Phi) is 5.41. The summed E-state index contributed by atoms with van der Waals surface area (Å²) < 4.78 is 6.36. The van der Waals surface area contributed by atoms with Crippen LogP contribution in [0.3, 0.4) is 0 Å². The smallest absolute Gasteiger partial charge is 0.263 e. The van der Waals surface area contributed by atoms with Crippen LogP contribution in [-0.4, -0.2) is 53.1 Å². The minimum atomic E-state index is -0.401. The molecule has 1 aliphatic rings. The Labute approximate surface area is 173 Å². The third-order valence-corrected chi connectivity index (χ3v) is 5.47. The third kappa shape index (κ3) is 3.61. The highest BCUT2D eigenvalue weighted by Gasteiger charge is 2.28. The van der Waals surface area contributed by atoms with Crippen LogP contribution in [0.2, 0.25) is 0 Å². The standard InChI is InChI=1S/C22H24N4O4/c1-25-12-16-13-26(21(28)15-3-4-18-14(11-15)5-7-23-18)9-6-17(16)19(22(25)29)20(27)24-8-10-30-2/h3-5,7,11-12,23H,6,8-10,13H2,1-2H3,(H,24,27). The number of pyridine rings is 1. The highest BCUT2D eigenvalue weighted by molar-refractivity contribution is 5.99. The Morgan fingerprint density at radius 1 is 1.27 bits per heavy atom. The first kappa shape index (κ1) is 19.9. The number of nitrogens with one attached hydrogen (secondary N) is 2. The summed E-state index contributed by atoms with van der Waals surface area (Å²) in [5, 5.41) is 3.71. The van der Waals surface area contributed by atoms with Gasteiger partial charge < -0.3 is 24.5 Å². The summed E-state index contributed by atoms with van der Waals surface area (Å²) in [5.41, 5.74) is 2.96. The Morgan fingerprint density at radius 3 is 2.90 bits per heavy atom. The molecule has 4 rings (SSSR count). The number of aromatic nitrogens is 2. The van der Waals surface area contributed by atoms with Crippen molar-refractivity contribution < 1.29 is 14.3 Å². The van der Waals surface area contributed by atoms with Gasteiger partial charge in [0.25, 0.3) is 17.4 Å². The summed E-state index contributed by atoms with van der Waals surface area (Å²) in [4.78, 5) is 43.2. The van der Waals surface area contributed by atoms with Crippen LogP contribution >= 0.6 is 0 Å². The first-order valence-electron chi connectivity index (χ1n) is 9.84. The van der Waals surface area contributed by atoms with Crippen LogP contribution in [0, 0.1) is 0 Å². The molecule has 1 aliphatic heterocycles. The first-order chi connectivity index (χ1) is 14.5. The topological polar surface area (TPSA) is 96.4 Å². The summed E-state index contributed by atoms with van der Waals surface area (Å²) >= 11 is 0. The van der Waals surface area contributed by atoms with Gasteiger partial charge in [0, 0.05) is 62.7 Å². The maximum absolute atomic E-state index is 13.1. The third-order valence-electron chi connectivity index (χ3n) is 5.47. The molecular formula is C22H24N4O4. The molecule has 0 saturated carbocycles. The van der Waals surface area contributed by atoms with Gasteiger partial charge in [-0.3, -0.25) is 14.4 Å². The van der Waals surface area contributed by atoms with Crippen molar-refractivity contribution in [2.24, 2.45) is 7.05 Å². The average molecular weight is 408 g/mol. The summed E-state index contributed by atoms with van der Waals surface area (Å²) in [6, 6.07) is 7.51. The second-order valence-electron chi connectivity index (χ2n) is 7.43. The van der Waals surface area contributed by atoms with Crippen LogP contribution in [0.1, 0.15) is 31.8 Å².